The number of hydrogen-bond acceptors (Lipinski definition) is 5. The summed E-state index contributed by atoms with van der Waals surface area (Å²) in [6.07, 6.45) is -0.220. The minimum atomic E-state index is -0.229. The lowest BCUT2D eigenvalue weighted by Gasteiger charge is -2.35. The van der Waals surface area contributed by atoms with Gasteiger partial charge in [-0.25, -0.2) is 0 Å². The number of aliphatic hydroxyl groups is 1. The van der Waals surface area contributed by atoms with Gasteiger partial charge in [0, 0.05) is 18.7 Å². The molecule has 1 heterocycles. The third kappa shape index (κ3) is 3.64. The van der Waals surface area contributed by atoms with E-state index in [2.05, 4.69) is 0 Å². The molecule has 2 unspecified atom stereocenters. The number of morpholine rings is 1. The summed E-state index contributed by atoms with van der Waals surface area (Å²) < 4.78 is 5.54. The van der Waals surface area contributed by atoms with Gasteiger partial charge in [-0.1, -0.05) is 12.1 Å². The molecule has 1 aliphatic rings. The molecule has 0 amide bonds. The molecule has 0 saturated carbocycles. The first-order chi connectivity index (χ1) is 9.62. The van der Waals surface area contributed by atoms with Crippen molar-refractivity contribution in [2.75, 3.05) is 26.2 Å². The maximum Gasteiger partial charge on any atom is 0.176 e. The Morgan fingerprint density at radius 1 is 1.45 bits per heavy atom. The number of carbonyl (C=O) groups excluding carboxylic acids is 1. The Kier molecular flexibility index (Phi) is 4.85. The fourth-order valence-corrected chi connectivity index (χ4v) is 2.40. The predicted octanol–water partition coefficient (Wildman–Crippen LogP) is 0.823. The Labute approximate surface area is 118 Å². The first kappa shape index (κ1) is 14.7. The molecule has 1 aliphatic heterocycles. The van der Waals surface area contributed by atoms with Crippen LogP contribution in [0.2, 0.25) is 0 Å². The molecule has 0 aromatic heterocycles. The smallest absolute Gasteiger partial charge is 0.176 e. The van der Waals surface area contributed by atoms with Gasteiger partial charge in [-0.15, -0.1) is 0 Å². The maximum absolute atomic E-state index is 12.2. The van der Waals surface area contributed by atoms with Gasteiger partial charge in [0.15, 0.2) is 5.78 Å². The molecule has 5 heteroatoms. The number of nitriles is 1. The number of hydrogen-bond donors (Lipinski definition) is 1. The minimum Gasteiger partial charge on any atom is -0.394 e. The lowest BCUT2D eigenvalue weighted by atomic mass is 10.1. The van der Waals surface area contributed by atoms with E-state index >= 15 is 0 Å². The van der Waals surface area contributed by atoms with Crippen LogP contribution >= 0.6 is 0 Å². The first-order valence-corrected chi connectivity index (χ1v) is 6.64. The second-order valence-electron chi connectivity index (χ2n) is 5.06. The minimum absolute atomic E-state index is 0.00895. The van der Waals surface area contributed by atoms with Gasteiger partial charge in [-0.2, -0.15) is 5.26 Å². The van der Waals surface area contributed by atoms with Gasteiger partial charge in [0.25, 0.3) is 0 Å². The fourth-order valence-electron chi connectivity index (χ4n) is 2.40. The molecule has 2 atom stereocenters. The number of ketones is 1. The topological polar surface area (TPSA) is 73.6 Å². The van der Waals surface area contributed by atoms with Gasteiger partial charge in [-0.05, 0) is 19.1 Å². The standard InChI is InChI=1S/C15H18N2O3/c1-11-7-17(8-14(10-18)20-11)9-15(19)13-4-2-12(6-16)3-5-13/h2-5,11,14,18H,7-10H2,1H3. The third-order valence-corrected chi connectivity index (χ3v) is 3.31. The van der Waals surface area contributed by atoms with Crippen LogP contribution in [0, 0.1) is 11.3 Å². The van der Waals surface area contributed by atoms with E-state index in [0.717, 1.165) is 0 Å². The monoisotopic (exact) mass is 274 g/mol. The van der Waals surface area contributed by atoms with Crippen LogP contribution in [0.1, 0.15) is 22.8 Å². The lowest BCUT2D eigenvalue weighted by molar-refractivity contribution is -0.0926. The van der Waals surface area contributed by atoms with Crippen molar-refractivity contribution in [3.05, 3.63) is 35.4 Å². The molecular formula is C15H18N2O3. The number of ether oxygens (including phenoxy) is 1. The molecule has 0 radical (unpaired) electrons. The Morgan fingerprint density at radius 3 is 2.75 bits per heavy atom. The Hall–Kier alpha value is -1.74. The van der Waals surface area contributed by atoms with Crippen LogP contribution in [0.25, 0.3) is 0 Å². The molecule has 20 heavy (non-hydrogen) atoms. The van der Waals surface area contributed by atoms with E-state index < -0.39 is 0 Å². The molecule has 2 rings (SSSR count). The highest BCUT2D eigenvalue weighted by Crippen LogP contribution is 2.12. The van der Waals surface area contributed by atoms with E-state index in [4.69, 9.17) is 15.1 Å². The molecule has 5 nitrogen and oxygen atoms in total. The molecule has 0 bridgehead atoms. The summed E-state index contributed by atoms with van der Waals surface area (Å²) in [6, 6.07) is 8.67. The second kappa shape index (κ2) is 6.62. The molecule has 1 fully saturated rings. The van der Waals surface area contributed by atoms with Crippen molar-refractivity contribution in [3.8, 4) is 6.07 Å². The van der Waals surface area contributed by atoms with Crippen molar-refractivity contribution >= 4 is 5.78 Å². The number of aliphatic hydroxyl groups excluding tert-OH is 1. The quantitative estimate of drug-likeness (QED) is 0.823. The zero-order valence-corrected chi connectivity index (χ0v) is 11.5. The number of nitrogens with zero attached hydrogens (tertiary/aromatic N) is 2. The molecule has 1 aromatic rings. The Morgan fingerprint density at radius 2 is 2.15 bits per heavy atom. The van der Waals surface area contributed by atoms with Gasteiger partial charge in [0.05, 0.1) is 37.0 Å². The summed E-state index contributed by atoms with van der Waals surface area (Å²) in [4.78, 5) is 14.2. The van der Waals surface area contributed by atoms with Crippen LogP contribution in [-0.2, 0) is 4.74 Å². The molecule has 0 spiro atoms. The zero-order valence-electron chi connectivity index (χ0n) is 11.5. The van der Waals surface area contributed by atoms with Gasteiger partial charge in [0.1, 0.15) is 0 Å². The number of carbonyl (C=O) groups is 1. The molecule has 0 aliphatic carbocycles. The van der Waals surface area contributed by atoms with Crippen LogP contribution in [0.3, 0.4) is 0 Å². The van der Waals surface area contributed by atoms with Crippen LogP contribution in [-0.4, -0.2) is 54.2 Å². The van der Waals surface area contributed by atoms with E-state index in [9.17, 15) is 4.79 Å². The number of benzene rings is 1. The second-order valence-corrected chi connectivity index (χ2v) is 5.06. The maximum atomic E-state index is 12.2. The lowest BCUT2D eigenvalue weighted by Crippen LogP contribution is -2.49. The van der Waals surface area contributed by atoms with E-state index in [1.54, 1.807) is 24.3 Å². The summed E-state index contributed by atoms with van der Waals surface area (Å²) in [6.45, 7) is 3.43. The summed E-state index contributed by atoms with van der Waals surface area (Å²) >= 11 is 0. The van der Waals surface area contributed by atoms with Crippen LogP contribution in [0.4, 0.5) is 0 Å². The summed E-state index contributed by atoms with van der Waals surface area (Å²) in [5, 5.41) is 17.9. The number of rotatable bonds is 4. The zero-order chi connectivity index (χ0) is 14.5. The predicted molar refractivity (Wildman–Crippen MR) is 73.3 cm³/mol. The van der Waals surface area contributed by atoms with Gasteiger partial charge in [0.2, 0.25) is 0 Å². The normalized spacial score (nSPS) is 23.2. The third-order valence-electron chi connectivity index (χ3n) is 3.31. The molecule has 106 valence electrons. The van der Waals surface area contributed by atoms with Crippen molar-refractivity contribution < 1.29 is 14.6 Å². The van der Waals surface area contributed by atoms with Gasteiger partial charge in [-0.3, -0.25) is 9.69 Å². The molecule has 1 saturated heterocycles. The summed E-state index contributed by atoms with van der Waals surface area (Å²) in [5.41, 5.74) is 1.14. The highest BCUT2D eigenvalue weighted by atomic mass is 16.5. The van der Waals surface area contributed by atoms with E-state index in [-0.39, 0.29) is 24.6 Å². The van der Waals surface area contributed by atoms with Crippen molar-refractivity contribution in [2.24, 2.45) is 0 Å². The van der Waals surface area contributed by atoms with Crippen molar-refractivity contribution in [2.45, 2.75) is 19.1 Å². The van der Waals surface area contributed by atoms with Crippen molar-refractivity contribution in [1.29, 1.82) is 5.26 Å². The number of Topliss-reactive ketones (excluding diaryl/α,β-unsaturated/α-hetero) is 1. The Balaban J connectivity index is 1.98. The van der Waals surface area contributed by atoms with E-state index in [1.807, 2.05) is 17.9 Å². The van der Waals surface area contributed by atoms with Crippen molar-refractivity contribution in [3.63, 3.8) is 0 Å². The molecular weight excluding hydrogens is 256 g/mol. The van der Waals surface area contributed by atoms with E-state index in [1.165, 1.54) is 0 Å². The fraction of sp³-hybridized carbons (Fsp3) is 0.467. The average molecular weight is 274 g/mol. The average Bonchev–Trinajstić information content (AvgIpc) is 2.46. The first-order valence-electron chi connectivity index (χ1n) is 6.64. The summed E-state index contributed by atoms with van der Waals surface area (Å²) in [5.74, 6) is 0.0141. The largest absolute Gasteiger partial charge is 0.394 e. The SMILES string of the molecule is CC1CN(CC(=O)c2ccc(C#N)cc2)CC(CO)O1. The van der Waals surface area contributed by atoms with Gasteiger partial charge < -0.3 is 9.84 Å². The molecule has 1 aromatic carbocycles. The Bertz CT molecular complexity index is 507. The van der Waals surface area contributed by atoms with Crippen LogP contribution < -0.4 is 0 Å². The van der Waals surface area contributed by atoms with Crippen LogP contribution in [0.15, 0.2) is 24.3 Å². The molecule has 1 N–H and O–H groups in total. The van der Waals surface area contributed by atoms with Gasteiger partial charge >= 0.3 is 0 Å². The van der Waals surface area contributed by atoms with E-state index in [0.29, 0.717) is 30.8 Å². The van der Waals surface area contributed by atoms with Crippen molar-refractivity contribution in [1.82, 2.24) is 4.90 Å². The highest BCUT2D eigenvalue weighted by Gasteiger charge is 2.26. The summed E-state index contributed by atoms with van der Waals surface area (Å²) in [7, 11) is 0. The van der Waals surface area contributed by atoms with Crippen LogP contribution in [0.5, 0.6) is 0 Å². The highest BCUT2D eigenvalue weighted by molar-refractivity contribution is 5.97.